The largest absolute Gasteiger partial charge is 0.458 e. The SMILES string of the molecule is CCC(C)(C)OC(=O)CNC(=O)c1cc(C(F)(F)F)ccn1. The van der Waals surface area contributed by atoms with Gasteiger partial charge in [0, 0.05) is 6.20 Å². The second-order valence-electron chi connectivity index (χ2n) is 5.20. The fourth-order valence-corrected chi connectivity index (χ4v) is 1.39. The number of pyridine rings is 1. The molecule has 0 aliphatic rings. The summed E-state index contributed by atoms with van der Waals surface area (Å²) in [5.41, 5.74) is -2.07. The van der Waals surface area contributed by atoms with Crippen molar-refractivity contribution in [2.45, 2.75) is 39.0 Å². The van der Waals surface area contributed by atoms with Crippen LogP contribution >= 0.6 is 0 Å². The van der Waals surface area contributed by atoms with E-state index in [1.54, 1.807) is 13.8 Å². The lowest BCUT2D eigenvalue weighted by Gasteiger charge is -2.23. The predicted molar refractivity (Wildman–Crippen MR) is 72.0 cm³/mol. The molecule has 0 saturated heterocycles. The van der Waals surface area contributed by atoms with Crippen molar-refractivity contribution in [1.29, 1.82) is 0 Å². The lowest BCUT2D eigenvalue weighted by Crippen LogP contribution is -2.36. The van der Waals surface area contributed by atoms with Crippen LogP contribution in [0.1, 0.15) is 43.2 Å². The van der Waals surface area contributed by atoms with E-state index in [-0.39, 0.29) is 0 Å². The Labute approximate surface area is 125 Å². The standard InChI is InChI=1S/C14H17F3N2O3/c1-4-13(2,3)22-11(20)8-19-12(21)10-7-9(5-6-18-10)14(15,16)17/h5-7H,4,8H2,1-3H3,(H,19,21). The van der Waals surface area contributed by atoms with Crippen LogP contribution in [-0.2, 0) is 15.7 Å². The Hall–Kier alpha value is -2.12. The first-order valence-corrected chi connectivity index (χ1v) is 6.58. The highest BCUT2D eigenvalue weighted by molar-refractivity contribution is 5.94. The zero-order valence-corrected chi connectivity index (χ0v) is 12.5. The third-order valence-corrected chi connectivity index (χ3v) is 2.95. The molecule has 0 atom stereocenters. The number of carbonyl (C=O) groups is 2. The Morgan fingerprint density at radius 2 is 1.95 bits per heavy atom. The van der Waals surface area contributed by atoms with Gasteiger partial charge in [0.2, 0.25) is 0 Å². The number of carbonyl (C=O) groups excluding carboxylic acids is 2. The molecule has 5 nitrogen and oxygen atoms in total. The van der Waals surface area contributed by atoms with Gasteiger partial charge in [-0.3, -0.25) is 14.6 Å². The maximum Gasteiger partial charge on any atom is 0.416 e. The third kappa shape index (κ3) is 5.34. The molecule has 1 heterocycles. The van der Waals surface area contributed by atoms with Gasteiger partial charge in [-0.15, -0.1) is 0 Å². The van der Waals surface area contributed by atoms with Gasteiger partial charge >= 0.3 is 12.1 Å². The molecule has 0 aliphatic carbocycles. The van der Waals surface area contributed by atoms with Crippen LogP contribution in [0.4, 0.5) is 13.2 Å². The van der Waals surface area contributed by atoms with Gasteiger partial charge in [0.25, 0.3) is 5.91 Å². The zero-order valence-electron chi connectivity index (χ0n) is 12.5. The van der Waals surface area contributed by atoms with E-state index in [9.17, 15) is 22.8 Å². The van der Waals surface area contributed by atoms with Crippen molar-refractivity contribution in [3.63, 3.8) is 0 Å². The van der Waals surface area contributed by atoms with E-state index in [1.165, 1.54) is 0 Å². The third-order valence-electron chi connectivity index (χ3n) is 2.95. The number of amides is 1. The van der Waals surface area contributed by atoms with Crippen LogP contribution in [-0.4, -0.2) is 29.0 Å². The topological polar surface area (TPSA) is 68.3 Å². The number of nitrogens with zero attached hydrogens (tertiary/aromatic N) is 1. The number of esters is 1. The summed E-state index contributed by atoms with van der Waals surface area (Å²) in [6, 6.07) is 1.38. The molecule has 1 amide bonds. The van der Waals surface area contributed by atoms with Gasteiger partial charge in [-0.25, -0.2) is 0 Å². The lowest BCUT2D eigenvalue weighted by molar-refractivity contribution is -0.155. The van der Waals surface area contributed by atoms with Gasteiger partial charge in [-0.2, -0.15) is 13.2 Å². The zero-order chi connectivity index (χ0) is 17.0. The van der Waals surface area contributed by atoms with Crippen molar-refractivity contribution >= 4 is 11.9 Å². The van der Waals surface area contributed by atoms with Crippen molar-refractivity contribution in [3.05, 3.63) is 29.6 Å². The van der Waals surface area contributed by atoms with Crippen molar-refractivity contribution in [2.75, 3.05) is 6.54 Å². The van der Waals surface area contributed by atoms with Gasteiger partial charge in [-0.05, 0) is 32.4 Å². The molecule has 1 aromatic rings. The molecule has 122 valence electrons. The molecule has 1 aromatic heterocycles. The Kier molecular flexibility index (Phi) is 5.51. The molecule has 0 aromatic carbocycles. The Balaban J connectivity index is 2.65. The number of hydrogen-bond donors (Lipinski definition) is 1. The summed E-state index contributed by atoms with van der Waals surface area (Å²) in [5.74, 6) is -1.55. The maximum atomic E-state index is 12.5. The molecule has 0 bridgehead atoms. The predicted octanol–water partition coefficient (Wildman–Crippen LogP) is 2.56. The van der Waals surface area contributed by atoms with Crippen molar-refractivity contribution in [3.8, 4) is 0 Å². The average Bonchev–Trinajstić information content (AvgIpc) is 2.43. The molecule has 0 spiro atoms. The first kappa shape index (κ1) is 17.9. The first-order chi connectivity index (χ1) is 10.0. The van der Waals surface area contributed by atoms with Gasteiger partial charge in [0.1, 0.15) is 17.8 Å². The highest BCUT2D eigenvalue weighted by Gasteiger charge is 2.31. The van der Waals surface area contributed by atoms with Crippen LogP contribution in [0.5, 0.6) is 0 Å². The minimum atomic E-state index is -4.57. The molecule has 0 fully saturated rings. The van der Waals surface area contributed by atoms with E-state index in [1.807, 2.05) is 6.92 Å². The minimum Gasteiger partial charge on any atom is -0.458 e. The quantitative estimate of drug-likeness (QED) is 0.847. The second-order valence-corrected chi connectivity index (χ2v) is 5.20. The molecule has 1 N–H and O–H groups in total. The molecule has 0 unspecified atom stereocenters. The highest BCUT2D eigenvalue weighted by atomic mass is 19.4. The van der Waals surface area contributed by atoms with Crippen molar-refractivity contribution in [1.82, 2.24) is 10.3 Å². The Morgan fingerprint density at radius 3 is 2.50 bits per heavy atom. The summed E-state index contributed by atoms with van der Waals surface area (Å²) in [4.78, 5) is 26.8. The molecule has 0 saturated carbocycles. The van der Waals surface area contributed by atoms with Crippen LogP contribution in [0.15, 0.2) is 18.3 Å². The average molecular weight is 318 g/mol. The van der Waals surface area contributed by atoms with Crippen molar-refractivity contribution in [2.24, 2.45) is 0 Å². The normalized spacial score (nSPS) is 11.9. The Bertz CT molecular complexity index is 557. The van der Waals surface area contributed by atoms with Gasteiger partial charge in [-0.1, -0.05) is 6.92 Å². The first-order valence-electron chi connectivity index (χ1n) is 6.58. The van der Waals surface area contributed by atoms with Crippen LogP contribution in [0.25, 0.3) is 0 Å². The molecule has 0 radical (unpaired) electrons. The van der Waals surface area contributed by atoms with E-state index in [2.05, 4.69) is 10.3 Å². The number of halogens is 3. The van der Waals surface area contributed by atoms with Crippen LogP contribution in [0.2, 0.25) is 0 Å². The molecule has 1 rings (SSSR count). The summed E-state index contributed by atoms with van der Waals surface area (Å²) < 4.78 is 42.7. The summed E-state index contributed by atoms with van der Waals surface area (Å²) in [6.07, 6.45) is -3.10. The molecular formula is C14H17F3N2O3. The minimum absolute atomic E-state index is 0.419. The summed E-state index contributed by atoms with van der Waals surface area (Å²) >= 11 is 0. The van der Waals surface area contributed by atoms with Gasteiger partial charge in [0.15, 0.2) is 0 Å². The molecule has 8 heteroatoms. The Morgan fingerprint density at radius 1 is 1.32 bits per heavy atom. The van der Waals surface area contributed by atoms with E-state index in [0.29, 0.717) is 12.5 Å². The molecule has 22 heavy (non-hydrogen) atoms. The summed E-state index contributed by atoms with van der Waals surface area (Å²) in [5, 5.41) is 2.18. The summed E-state index contributed by atoms with van der Waals surface area (Å²) in [6.45, 7) is 4.81. The fourth-order valence-electron chi connectivity index (χ4n) is 1.39. The monoisotopic (exact) mass is 318 g/mol. The number of nitrogens with one attached hydrogen (secondary N) is 1. The maximum absolute atomic E-state index is 12.5. The van der Waals surface area contributed by atoms with Gasteiger partial charge < -0.3 is 10.1 Å². The number of alkyl halides is 3. The molecule has 0 aliphatic heterocycles. The van der Waals surface area contributed by atoms with Crippen molar-refractivity contribution < 1.29 is 27.5 Å². The fraction of sp³-hybridized carbons (Fsp3) is 0.500. The van der Waals surface area contributed by atoms with E-state index >= 15 is 0 Å². The number of ether oxygens (including phenoxy) is 1. The number of aromatic nitrogens is 1. The summed E-state index contributed by atoms with van der Waals surface area (Å²) in [7, 11) is 0. The number of rotatable bonds is 5. The lowest BCUT2D eigenvalue weighted by atomic mass is 10.1. The van der Waals surface area contributed by atoms with E-state index < -0.39 is 41.5 Å². The van der Waals surface area contributed by atoms with Crippen LogP contribution in [0.3, 0.4) is 0 Å². The second kappa shape index (κ2) is 6.76. The van der Waals surface area contributed by atoms with Crippen LogP contribution < -0.4 is 5.32 Å². The van der Waals surface area contributed by atoms with E-state index in [0.717, 1.165) is 12.3 Å². The van der Waals surface area contributed by atoms with Gasteiger partial charge in [0.05, 0.1) is 5.56 Å². The van der Waals surface area contributed by atoms with E-state index in [4.69, 9.17) is 4.74 Å². The van der Waals surface area contributed by atoms with Crippen LogP contribution in [0, 0.1) is 0 Å². The smallest absolute Gasteiger partial charge is 0.416 e. The highest BCUT2D eigenvalue weighted by Crippen LogP contribution is 2.28. The molecular weight excluding hydrogens is 301 g/mol. The number of hydrogen-bond acceptors (Lipinski definition) is 4.